The van der Waals surface area contributed by atoms with Crippen molar-refractivity contribution in [1.82, 2.24) is 20.2 Å². The third-order valence-electron chi connectivity index (χ3n) is 3.50. The van der Waals surface area contributed by atoms with Gasteiger partial charge in [0.25, 0.3) is 0 Å². The Labute approximate surface area is 140 Å². The number of fused-ring (bicyclic) bond motifs is 1. The van der Waals surface area contributed by atoms with E-state index < -0.39 is 5.82 Å². The summed E-state index contributed by atoms with van der Waals surface area (Å²) in [5.74, 6) is 0.0789. The molecule has 0 aliphatic heterocycles. The van der Waals surface area contributed by atoms with Crippen LogP contribution in [0.15, 0.2) is 42.5 Å². The summed E-state index contributed by atoms with van der Waals surface area (Å²) in [5.41, 5.74) is 3.56. The van der Waals surface area contributed by atoms with E-state index >= 15 is 0 Å². The van der Waals surface area contributed by atoms with Crippen LogP contribution in [-0.2, 0) is 0 Å². The predicted molar refractivity (Wildman–Crippen MR) is 89.1 cm³/mol. The maximum atomic E-state index is 13.5. The minimum atomic E-state index is -0.485. The van der Waals surface area contributed by atoms with Gasteiger partial charge in [0.15, 0.2) is 5.82 Å². The number of hydrogen-bond acceptors (Lipinski definition) is 2. The molecule has 2 aromatic heterocycles. The minimum Gasteiger partial charge on any atom is -0.337 e. The summed E-state index contributed by atoms with van der Waals surface area (Å²) >= 11 is 11.7. The Balaban J connectivity index is 1.75. The Morgan fingerprint density at radius 1 is 1.00 bits per heavy atom. The number of benzene rings is 2. The van der Waals surface area contributed by atoms with Crippen LogP contribution in [0.25, 0.3) is 33.8 Å². The monoisotopic (exact) mass is 346 g/mol. The first kappa shape index (κ1) is 14.2. The van der Waals surface area contributed by atoms with Crippen LogP contribution in [-0.4, -0.2) is 20.2 Å². The van der Waals surface area contributed by atoms with Crippen LogP contribution >= 0.6 is 23.2 Å². The highest BCUT2D eigenvalue weighted by atomic mass is 35.5. The standard InChI is InChI=1S/C16H9Cl2FN4/c17-9-3-1-8(2-4-9)12-7-15(23-22-12)16-20-13-5-10(18)11(19)6-14(13)21-16/h1-7H,(H,20,21)(H,22,23). The summed E-state index contributed by atoms with van der Waals surface area (Å²) in [7, 11) is 0. The lowest BCUT2D eigenvalue weighted by Gasteiger charge is -1.94. The third-order valence-corrected chi connectivity index (χ3v) is 4.04. The van der Waals surface area contributed by atoms with Crippen molar-refractivity contribution in [2.24, 2.45) is 0 Å². The fourth-order valence-electron chi connectivity index (χ4n) is 2.34. The van der Waals surface area contributed by atoms with Crippen molar-refractivity contribution in [3.63, 3.8) is 0 Å². The van der Waals surface area contributed by atoms with Gasteiger partial charge in [-0.15, -0.1) is 0 Å². The van der Waals surface area contributed by atoms with Gasteiger partial charge in [0.1, 0.15) is 11.5 Å². The van der Waals surface area contributed by atoms with Gasteiger partial charge in [-0.1, -0.05) is 35.3 Å². The third kappa shape index (κ3) is 2.58. The number of H-pyrrole nitrogens is 2. The zero-order valence-electron chi connectivity index (χ0n) is 11.6. The van der Waals surface area contributed by atoms with E-state index in [1.807, 2.05) is 18.2 Å². The molecular weight excluding hydrogens is 338 g/mol. The number of rotatable bonds is 2. The van der Waals surface area contributed by atoms with E-state index in [4.69, 9.17) is 23.2 Å². The molecule has 0 amide bonds. The Morgan fingerprint density at radius 2 is 1.78 bits per heavy atom. The second-order valence-corrected chi connectivity index (χ2v) is 5.89. The highest BCUT2D eigenvalue weighted by Gasteiger charge is 2.12. The number of aromatic amines is 2. The molecule has 0 atom stereocenters. The zero-order valence-corrected chi connectivity index (χ0v) is 13.1. The average molecular weight is 347 g/mol. The molecule has 4 nitrogen and oxygen atoms in total. The largest absolute Gasteiger partial charge is 0.337 e. The molecule has 0 aliphatic rings. The molecule has 0 unspecified atom stereocenters. The second-order valence-electron chi connectivity index (χ2n) is 5.04. The van der Waals surface area contributed by atoms with Crippen LogP contribution in [0.1, 0.15) is 0 Å². The highest BCUT2D eigenvalue weighted by molar-refractivity contribution is 6.31. The number of hydrogen-bond donors (Lipinski definition) is 2. The fraction of sp³-hybridized carbons (Fsp3) is 0. The fourth-order valence-corrected chi connectivity index (χ4v) is 2.63. The number of nitrogens with zero attached hydrogens (tertiary/aromatic N) is 2. The predicted octanol–water partition coefficient (Wildman–Crippen LogP) is 5.07. The lowest BCUT2D eigenvalue weighted by atomic mass is 10.1. The molecule has 2 heterocycles. The molecule has 23 heavy (non-hydrogen) atoms. The van der Waals surface area contributed by atoms with Crippen LogP contribution in [0.5, 0.6) is 0 Å². The molecule has 4 aromatic rings. The molecule has 0 fully saturated rings. The van der Waals surface area contributed by atoms with Gasteiger partial charge < -0.3 is 4.98 Å². The maximum absolute atomic E-state index is 13.5. The molecule has 0 saturated heterocycles. The van der Waals surface area contributed by atoms with Gasteiger partial charge in [0.2, 0.25) is 0 Å². The molecule has 0 aliphatic carbocycles. The van der Waals surface area contributed by atoms with Crippen molar-refractivity contribution in [1.29, 1.82) is 0 Å². The summed E-state index contributed by atoms with van der Waals surface area (Å²) in [4.78, 5) is 7.46. The van der Waals surface area contributed by atoms with Crippen molar-refractivity contribution in [2.45, 2.75) is 0 Å². The van der Waals surface area contributed by atoms with Crippen molar-refractivity contribution >= 4 is 34.2 Å². The molecule has 114 valence electrons. The van der Waals surface area contributed by atoms with Crippen LogP contribution in [0.4, 0.5) is 4.39 Å². The van der Waals surface area contributed by atoms with Gasteiger partial charge in [-0.25, -0.2) is 9.37 Å². The summed E-state index contributed by atoms with van der Waals surface area (Å²) in [6.45, 7) is 0. The van der Waals surface area contributed by atoms with Gasteiger partial charge >= 0.3 is 0 Å². The molecule has 2 aromatic carbocycles. The lowest BCUT2D eigenvalue weighted by molar-refractivity contribution is 0.630. The first-order valence-electron chi connectivity index (χ1n) is 6.76. The first-order valence-corrected chi connectivity index (χ1v) is 7.52. The topological polar surface area (TPSA) is 57.4 Å². The SMILES string of the molecule is Fc1cc2[nH]c(-c3cc(-c4ccc(Cl)cc4)n[nH]3)nc2cc1Cl. The van der Waals surface area contributed by atoms with E-state index in [2.05, 4.69) is 20.2 Å². The van der Waals surface area contributed by atoms with E-state index in [9.17, 15) is 4.39 Å². The van der Waals surface area contributed by atoms with E-state index in [-0.39, 0.29) is 5.02 Å². The van der Waals surface area contributed by atoms with Crippen LogP contribution in [0.2, 0.25) is 10.0 Å². The summed E-state index contributed by atoms with van der Waals surface area (Å²) < 4.78 is 13.5. The van der Waals surface area contributed by atoms with Crippen LogP contribution in [0, 0.1) is 5.82 Å². The lowest BCUT2D eigenvalue weighted by Crippen LogP contribution is -1.79. The minimum absolute atomic E-state index is 0.0435. The number of nitrogens with one attached hydrogen (secondary N) is 2. The van der Waals surface area contributed by atoms with Gasteiger partial charge in [0, 0.05) is 16.7 Å². The molecule has 0 radical (unpaired) electrons. The summed E-state index contributed by atoms with van der Waals surface area (Å²) in [6.07, 6.45) is 0. The van der Waals surface area contributed by atoms with Gasteiger partial charge in [-0.05, 0) is 24.3 Å². The van der Waals surface area contributed by atoms with Crippen molar-refractivity contribution in [2.75, 3.05) is 0 Å². The molecule has 4 rings (SSSR count). The van der Waals surface area contributed by atoms with Gasteiger partial charge in [-0.3, -0.25) is 5.10 Å². The molecule has 0 bridgehead atoms. The Morgan fingerprint density at radius 3 is 2.57 bits per heavy atom. The number of halogens is 3. The van der Waals surface area contributed by atoms with Crippen molar-refractivity contribution in [3.05, 3.63) is 58.3 Å². The van der Waals surface area contributed by atoms with E-state index in [0.717, 1.165) is 11.3 Å². The quantitative estimate of drug-likeness (QED) is 0.532. The highest BCUT2D eigenvalue weighted by Crippen LogP contribution is 2.27. The summed E-state index contributed by atoms with van der Waals surface area (Å²) in [6, 6.07) is 12.0. The van der Waals surface area contributed by atoms with E-state index in [1.54, 1.807) is 12.1 Å². The molecular formula is C16H9Cl2FN4. The summed E-state index contributed by atoms with van der Waals surface area (Å²) in [5, 5.41) is 7.90. The maximum Gasteiger partial charge on any atom is 0.156 e. The van der Waals surface area contributed by atoms with Gasteiger partial charge in [0.05, 0.1) is 21.7 Å². The normalized spacial score (nSPS) is 11.3. The molecule has 2 N–H and O–H groups in total. The van der Waals surface area contributed by atoms with E-state index in [0.29, 0.717) is 27.6 Å². The number of aromatic nitrogens is 4. The Bertz CT molecular complexity index is 966. The van der Waals surface area contributed by atoms with E-state index in [1.165, 1.54) is 12.1 Å². The number of imidazole rings is 1. The van der Waals surface area contributed by atoms with Gasteiger partial charge in [-0.2, -0.15) is 5.10 Å². The Hall–Kier alpha value is -2.37. The smallest absolute Gasteiger partial charge is 0.156 e. The Kier molecular flexibility index (Phi) is 3.32. The second kappa shape index (κ2) is 5.37. The zero-order chi connectivity index (χ0) is 16.0. The van der Waals surface area contributed by atoms with Crippen LogP contribution < -0.4 is 0 Å². The average Bonchev–Trinajstić information content (AvgIpc) is 3.15. The van der Waals surface area contributed by atoms with Crippen molar-refractivity contribution < 1.29 is 4.39 Å². The first-order chi connectivity index (χ1) is 11.1. The van der Waals surface area contributed by atoms with Crippen LogP contribution in [0.3, 0.4) is 0 Å². The molecule has 0 saturated carbocycles. The van der Waals surface area contributed by atoms with Crippen molar-refractivity contribution in [3.8, 4) is 22.8 Å². The molecule has 0 spiro atoms. The molecule has 7 heteroatoms.